The molecule has 126 valence electrons. The molecule has 0 aromatic carbocycles. The molecule has 0 saturated carbocycles. The first-order chi connectivity index (χ1) is 10.9. The highest BCUT2D eigenvalue weighted by molar-refractivity contribution is 8.31. The van der Waals surface area contributed by atoms with Gasteiger partial charge in [0.25, 0.3) is 0 Å². The van der Waals surface area contributed by atoms with Crippen molar-refractivity contribution in [3.05, 3.63) is 32.3 Å². The molecule has 0 spiro atoms. The molecule has 0 fully saturated rings. The molecule has 1 atom stereocenters. The molecular weight excluding hydrogens is 340 g/mol. The summed E-state index contributed by atoms with van der Waals surface area (Å²) in [7, 11) is -4.24. The van der Waals surface area contributed by atoms with Crippen LogP contribution >= 0.6 is 10.6 Å². The normalized spacial score (nSPS) is 12.2. The van der Waals surface area contributed by atoms with Gasteiger partial charge in [0.05, 0.1) is 6.42 Å². The van der Waals surface area contributed by atoms with E-state index in [1.165, 1.54) is 0 Å². The first kappa shape index (κ1) is 20.1. The molecule has 0 radical (unpaired) electrons. The molecule has 0 aliphatic heterocycles. The van der Waals surface area contributed by atoms with E-state index in [-0.39, 0.29) is 6.61 Å². The number of ether oxygens (including phenoxy) is 2. The average molecular weight is 350 g/mol. The fraction of sp³-hybridized carbons (Fsp3) is 0.444. The van der Waals surface area contributed by atoms with Gasteiger partial charge < -0.3 is 9.47 Å². The molecule has 23 heavy (non-hydrogen) atoms. The Balaban J connectivity index is 4.85. The Hall–Kier alpha value is -2.90. The minimum Gasteiger partial charge on any atom is -0.462 e. The number of hydrogen-bond donors (Lipinski definition) is 0. The molecule has 0 heterocycles. The second kappa shape index (κ2) is 9.93. The van der Waals surface area contributed by atoms with Crippen LogP contribution in [0.3, 0.4) is 0 Å². The lowest BCUT2D eigenvalue weighted by Gasteiger charge is -2.20. The van der Waals surface area contributed by atoms with Crippen LogP contribution in [0.1, 0.15) is 6.42 Å². The standard InChI is InChI=1S/C9H10N4O9S/c1-2-7(14)21-3-4-22-8(15)5-6(9(16)10-17)23(11-18,12-19)13-20/h2,6H,1,3-5H2. The van der Waals surface area contributed by atoms with Gasteiger partial charge in [-0.25, -0.2) is 4.79 Å². The second-order valence-corrected chi connectivity index (χ2v) is 5.64. The molecule has 0 aliphatic rings. The Morgan fingerprint density at radius 2 is 1.52 bits per heavy atom. The van der Waals surface area contributed by atoms with Gasteiger partial charge in [0.1, 0.15) is 18.5 Å². The second-order valence-electron chi connectivity index (χ2n) is 3.50. The number of carbonyl (C=O) groups excluding carboxylic acids is 3. The van der Waals surface area contributed by atoms with Gasteiger partial charge in [0.2, 0.25) is 0 Å². The zero-order valence-electron chi connectivity index (χ0n) is 11.4. The Kier molecular flexibility index (Phi) is 8.68. The van der Waals surface area contributed by atoms with Crippen molar-refractivity contribution in [2.45, 2.75) is 11.7 Å². The van der Waals surface area contributed by atoms with Gasteiger partial charge in [-0.05, 0) is 0 Å². The van der Waals surface area contributed by atoms with Crippen LogP contribution < -0.4 is 0 Å². The van der Waals surface area contributed by atoms with E-state index >= 15 is 0 Å². The van der Waals surface area contributed by atoms with Gasteiger partial charge >= 0.3 is 17.8 Å². The summed E-state index contributed by atoms with van der Waals surface area (Å²) in [6, 6.07) is 0. The Morgan fingerprint density at radius 3 is 1.96 bits per heavy atom. The maximum Gasteiger partial charge on any atom is 0.330 e. The maximum atomic E-state index is 11.5. The van der Waals surface area contributed by atoms with Crippen LogP contribution in [0.5, 0.6) is 0 Å². The zero-order valence-corrected chi connectivity index (χ0v) is 12.2. The lowest BCUT2D eigenvalue weighted by atomic mass is 10.3. The summed E-state index contributed by atoms with van der Waals surface area (Å²) in [6.07, 6.45) is -0.191. The lowest BCUT2D eigenvalue weighted by Crippen LogP contribution is -2.27. The summed E-state index contributed by atoms with van der Waals surface area (Å²) in [5.74, 6) is -3.65. The third-order valence-corrected chi connectivity index (χ3v) is 3.98. The van der Waals surface area contributed by atoms with Crippen LogP contribution in [-0.2, 0) is 23.9 Å². The van der Waals surface area contributed by atoms with E-state index in [1.54, 1.807) is 0 Å². The van der Waals surface area contributed by atoms with Crippen LogP contribution in [-0.4, -0.2) is 36.3 Å². The number of amides is 1. The van der Waals surface area contributed by atoms with Crippen molar-refractivity contribution in [3.63, 3.8) is 0 Å². The van der Waals surface area contributed by atoms with Gasteiger partial charge in [-0.15, -0.1) is 19.6 Å². The van der Waals surface area contributed by atoms with Crippen LogP contribution in [0.15, 0.2) is 31.6 Å². The maximum absolute atomic E-state index is 11.5. The van der Waals surface area contributed by atoms with Crippen LogP contribution in [0.25, 0.3) is 0 Å². The van der Waals surface area contributed by atoms with Gasteiger partial charge in [-0.2, -0.15) is 0 Å². The molecule has 1 unspecified atom stereocenters. The zero-order chi connectivity index (χ0) is 17.9. The SMILES string of the molecule is C=CC(=O)OCCOC(=O)CC(C(=O)N=O)S(N=O)(N=O)N=O. The summed E-state index contributed by atoms with van der Waals surface area (Å²) in [5, 5.41) is -0.227. The number of nitrogens with zero attached hydrogens (tertiary/aromatic N) is 4. The minimum absolute atomic E-state index is 0.344. The third-order valence-electron chi connectivity index (χ3n) is 2.19. The fourth-order valence-electron chi connectivity index (χ4n) is 1.16. The van der Waals surface area contributed by atoms with E-state index in [0.29, 0.717) is 0 Å². The molecule has 1 amide bonds. The highest BCUT2D eigenvalue weighted by Crippen LogP contribution is 2.58. The van der Waals surface area contributed by atoms with Crippen molar-refractivity contribution >= 4 is 28.4 Å². The first-order valence-corrected chi connectivity index (χ1v) is 7.15. The summed E-state index contributed by atoms with van der Waals surface area (Å²) in [5.41, 5.74) is 0. The number of nitroso groups, excluding NO2 is 4. The average Bonchev–Trinajstić information content (AvgIpc) is 2.58. The smallest absolute Gasteiger partial charge is 0.330 e. The topological polar surface area (TPSA) is 187 Å². The molecule has 0 rings (SSSR count). The van der Waals surface area contributed by atoms with E-state index in [1.807, 2.05) is 5.18 Å². The van der Waals surface area contributed by atoms with Crippen molar-refractivity contribution in [1.29, 1.82) is 0 Å². The fourth-order valence-corrected chi connectivity index (χ4v) is 2.22. The predicted molar refractivity (Wildman–Crippen MR) is 76.3 cm³/mol. The molecule has 0 aromatic heterocycles. The number of hydrogen-bond acceptors (Lipinski definition) is 12. The lowest BCUT2D eigenvalue weighted by molar-refractivity contribution is -0.150. The number of esters is 2. The van der Waals surface area contributed by atoms with Crippen molar-refractivity contribution in [2.24, 2.45) is 18.9 Å². The quantitative estimate of drug-likeness (QED) is 0.228. The van der Waals surface area contributed by atoms with Crippen LogP contribution in [0.2, 0.25) is 0 Å². The van der Waals surface area contributed by atoms with E-state index in [2.05, 4.69) is 29.8 Å². The van der Waals surface area contributed by atoms with Crippen molar-refractivity contribution in [1.82, 2.24) is 0 Å². The highest BCUT2D eigenvalue weighted by Gasteiger charge is 2.46. The summed E-state index contributed by atoms with van der Waals surface area (Å²) in [6.45, 7) is 2.34. The Bertz CT molecular complexity index is 515. The number of rotatable bonds is 11. The largest absolute Gasteiger partial charge is 0.462 e. The molecule has 0 N–H and O–H groups in total. The van der Waals surface area contributed by atoms with Crippen LogP contribution in [0.4, 0.5) is 0 Å². The molecule has 0 aliphatic carbocycles. The molecule has 0 bridgehead atoms. The van der Waals surface area contributed by atoms with Gasteiger partial charge in [0, 0.05) is 25.0 Å². The van der Waals surface area contributed by atoms with Gasteiger partial charge in [-0.1, -0.05) is 6.58 Å². The summed E-state index contributed by atoms with van der Waals surface area (Å²) < 4.78 is 15.2. The molecule has 13 nitrogen and oxygen atoms in total. The van der Waals surface area contributed by atoms with E-state index < -0.39 is 46.7 Å². The Morgan fingerprint density at radius 1 is 1.00 bits per heavy atom. The molecule has 0 saturated heterocycles. The molecule has 0 aromatic rings. The van der Waals surface area contributed by atoms with Gasteiger partial charge in [0.15, 0.2) is 10.6 Å². The molecule has 14 heteroatoms. The summed E-state index contributed by atoms with van der Waals surface area (Å²) in [4.78, 5) is 75.5. The van der Waals surface area contributed by atoms with Gasteiger partial charge in [-0.3, -0.25) is 9.59 Å². The third kappa shape index (κ3) is 5.77. The van der Waals surface area contributed by atoms with Crippen molar-refractivity contribution < 1.29 is 23.9 Å². The first-order valence-electron chi connectivity index (χ1n) is 5.58. The van der Waals surface area contributed by atoms with Crippen molar-refractivity contribution in [2.75, 3.05) is 13.2 Å². The molecular formula is C9H10N4O9S. The van der Waals surface area contributed by atoms with Crippen molar-refractivity contribution in [3.8, 4) is 0 Å². The minimum atomic E-state index is -4.24. The van der Waals surface area contributed by atoms with E-state index in [9.17, 15) is 34.0 Å². The van der Waals surface area contributed by atoms with E-state index in [4.69, 9.17) is 0 Å². The predicted octanol–water partition coefficient (Wildman–Crippen LogP) is 1.16. The highest BCUT2D eigenvalue weighted by atomic mass is 32.3. The Labute approximate surface area is 129 Å². The van der Waals surface area contributed by atoms with Crippen LogP contribution in [0, 0.1) is 19.6 Å². The monoisotopic (exact) mass is 350 g/mol. The number of carbonyl (C=O) groups is 3. The van der Waals surface area contributed by atoms with E-state index in [0.717, 1.165) is 6.08 Å². The summed E-state index contributed by atoms with van der Waals surface area (Å²) >= 11 is 0.